The molecule has 0 saturated carbocycles. The number of quaternary nitrogens is 1. The van der Waals surface area contributed by atoms with Gasteiger partial charge < -0.3 is 9.59 Å². The average molecular weight is 238 g/mol. The maximum absolute atomic E-state index is 10.2. The Morgan fingerprint density at radius 2 is 1.47 bits per heavy atom. The number of hydrogen-bond acceptors (Lipinski definition) is 1. The Hall–Kier alpha value is -1.35. The fraction of sp³-hybridized carbons (Fsp3) is 0.500. The molecule has 1 rings (SSSR count). The van der Waals surface area contributed by atoms with E-state index in [0.29, 0.717) is 5.56 Å². The molecule has 0 amide bonds. The van der Waals surface area contributed by atoms with E-state index in [-0.39, 0.29) is 0 Å². The predicted octanol–water partition coefficient (Wildman–Crippen LogP) is 2.88. The second-order valence-corrected chi connectivity index (χ2v) is 4.24. The number of rotatable bonds is 4. The van der Waals surface area contributed by atoms with Crippen molar-refractivity contribution in [2.75, 3.05) is 26.7 Å². The third-order valence-electron chi connectivity index (χ3n) is 3.31. The van der Waals surface area contributed by atoms with E-state index in [1.54, 1.807) is 30.3 Å². The molecule has 1 N–H and O–H groups in total. The normalized spacial score (nSPS) is 10.4. The first-order valence-corrected chi connectivity index (χ1v) is 6.11. The third-order valence-corrected chi connectivity index (χ3v) is 3.31. The van der Waals surface area contributed by atoms with Crippen molar-refractivity contribution in [3.63, 3.8) is 0 Å². The monoisotopic (exact) mass is 238 g/mol. The van der Waals surface area contributed by atoms with E-state index < -0.39 is 5.97 Å². The molecule has 0 spiro atoms. The molecular weight excluding hydrogens is 214 g/mol. The van der Waals surface area contributed by atoms with Crippen LogP contribution in [0.2, 0.25) is 0 Å². The zero-order chi connectivity index (χ0) is 13.3. The largest absolute Gasteiger partial charge is 0.478 e. The van der Waals surface area contributed by atoms with Gasteiger partial charge in [-0.25, -0.2) is 4.79 Å². The Morgan fingerprint density at radius 3 is 1.65 bits per heavy atom. The van der Waals surface area contributed by atoms with Crippen molar-refractivity contribution in [2.24, 2.45) is 0 Å². The third kappa shape index (κ3) is 6.07. The molecule has 3 nitrogen and oxygen atoms in total. The van der Waals surface area contributed by atoms with Crippen molar-refractivity contribution >= 4 is 5.97 Å². The lowest BCUT2D eigenvalue weighted by Gasteiger charge is -2.30. The molecule has 96 valence electrons. The van der Waals surface area contributed by atoms with E-state index in [2.05, 4.69) is 27.8 Å². The second kappa shape index (κ2) is 7.85. The minimum Gasteiger partial charge on any atom is -0.478 e. The van der Waals surface area contributed by atoms with Crippen molar-refractivity contribution in [1.82, 2.24) is 0 Å². The molecule has 0 aliphatic carbocycles. The Bertz CT molecular complexity index is 310. The summed E-state index contributed by atoms with van der Waals surface area (Å²) in [6.07, 6.45) is 0. The standard InChI is InChI=1S/C7H18N.C7H6O2/c1-5-8(4,6-2)7-3;8-7(9)6-4-2-1-3-5-6/h5-7H2,1-4H3;1-5H,(H,8,9)/q+1;. The quantitative estimate of drug-likeness (QED) is 0.819. The lowest BCUT2D eigenvalue weighted by atomic mass is 10.2. The minimum absolute atomic E-state index is 0.331. The van der Waals surface area contributed by atoms with Crippen LogP contribution in [-0.4, -0.2) is 42.2 Å². The molecule has 0 aliphatic heterocycles. The van der Waals surface area contributed by atoms with Gasteiger partial charge in [0.15, 0.2) is 0 Å². The van der Waals surface area contributed by atoms with E-state index in [1.165, 1.54) is 24.1 Å². The van der Waals surface area contributed by atoms with Gasteiger partial charge in [0, 0.05) is 0 Å². The van der Waals surface area contributed by atoms with Gasteiger partial charge in [0.25, 0.3) is 0 Å². The van der Waals surface area contributed by atoms with Crippen molar-refractivity contribution in [3.05, 3.63) is 35.9 Å². The number of carboxylic acid groups (broad SMARTS) is 1. The fourth-order valence-corrected chi connectivity index (χ4v) is 1.25. The lowest BCUT2D eigenvalue weighted by Crippen LogP contribution is -2.42. The molecule has 0 aliphatic rings. The molecule has 1 aromatic carbocycles. The zero-order valence-electron chi connectivity index (χ0n) is 11.3. The summed E-state index contributed by atoms with van der Waals surface area (Å²) in [5, 5.41) is 8.38. The summed E-state index contributed by atoms with van der Waals surface area (Å²) < 4.78 is 1.21. The van der Waals surface area contributed by atoms with Crippen LogP contribution in [-0.2, 0) is 0 Å². The van der Waals surface area contributed by atoms with Gasteiger partial charge in [-0.05, 0) is 32.9 Å². The number of carbonyl (C=O) groups is 1. The maximum atomic E-state index is 10.2. The van der Waals surface area contributed by atoms with E-state index in [1.807, 2.05) is 0 Å². The molecule has 0 bridgehead atoms. The van der Waals surface area contributed by atoms with Gasteiger partial charge in [-0.1, -0.05) is 18.2 Å². The molecular formula is C14H24NO2+. The highest BCUT2D eigenvalue weighted by molar-refractivity contribution is 5.87. The highest BCUT2D eigenvalue weighted by Crippen LogP contribution is 1.97. The lowest BCUT2D eigenvalue weighted by molar-refractivity contribution is -0.904. The van der Waals surface area contributed by atoms with Crippen LogP contribution in [0.25, 0.3) is 0 Å². The summed E-state index contributed by atoms with van der Waals surface area (Å²) in [5.41, 5.74) is 0.331. The van der Waals surface area contributed by atoms with Crippen LogP contribution in [0.4, 0.5) is 0 Å². The molecule has 0 fully saturated rings. The van der Waals surface area contributed by atoms with Gasteiger partial charge in [0.05, 0.1) is 32.2 Å². The van der Waals surface area contributed by atoms with Crippen LogP contribution in [0, 0.1) is 0 Å². The van der Waals surface area contributed by atoms with Crippen molar-refractivity contribution in [2.45, 2.75) is 20.8 Å². The topological polar surface area (TPSA) is 37.3 Å². The van der Waals surface area contributed by atoms with Gasteiger partial charge >= 0.3 is 5.97 Å². The summed E-state index contributed by atoms with van der Waals surface area (Å²) >= 11 is 0. The number of hydrogen-bond donors (Lipinski definition) is 1. The van der Waals surface area contributed by atoms with Crippen LogP contribution in [0.5, 0.6) is 0 Å². The summed E-state index contributed by atoms with van der Waals surface area (Å²) in [4.78, 5) is 10.2. The SMILES string of the molecule is CC[N+](C)(CC)CC.O=C(O)c1ccccc1. The summed E-state index contributed by atoms with van der Waals surface area (Å²) in [6, 6.07) is 8.30. The van der Waals surface area contributed by atoms with E-state index in [0.717, 1.165) is 0 Å². The highest BCUT2D eigenvalue weighted by Gasteiger charge is 2.10. The van der Waals surface area contributed by atoms with Gasteiger partial charge in [-0.15, -0.1) is 0 Å². The maximum Gasteiger partial charge on any atom is 0.335 e. The Kier molecular flexibility index (Phi) is 7.22. The molecule has 0 saturated heterocycles. The van der Waals surface area contributed by atoms with Gasteiger partial charge in [0.2, 0.25) is 0 Å². The van der Waals surface area contributed by atoms with Crippen LogP contribution in [0.1, 0.15) is 31.1 Å². The molecule has 17 heavy (non-hydrogen) atoms. The second-order valence-electron chi connectivity index (χ2n) is 4.24. The smallest absolute Gasteiger partial charge is 0.335 e. The molecule has 0 heterocycles. The molecule has 3 heteroatoms. The van der Waals surface area contributed by atoms with Gasteiger partial charge in [-0.3, -0.25) is 0 Å². The van der Waals surface area contributed by atoms with E-state index in [9.17, 15) is 4.79 Å². The number of nitrogens with zero attached hydrogens (tertiary/aromatic N) is 1. The molecule has 0 atom stereocenters. The first-order chi connectivity index (χ1) is 7.99. The zero-order valence-corrected chi connectivity index (χ0v) is 11.3. The highest BCUT2D eigenvalue weighted by atomic mass is 16.4. The van der Waals surface area contributed by atoms with E-state index >= 15 is 0 Å². The Morgan fingerprint density at radius 1 is 1.06 bits per heavy atom. The van der Waals surface area contributed by atoms with Gasteiger partial charge in [-0.2, -0.15) is 0 Å². The Labute approximate surface area is 104 Å². The number of benzene rings is 1. The minimum atomic E-state index is -0.879. The average Bonchev–Trinajstić information content (AvgIpc) is 2.39. The van der Waals surface area contributed by atoms with Crippen molar-refractivity contribution < 1.29 is 14.4 Å². The van der Waals surface area contributed by atoms with Crippen molar-refractivity contribution in [1.29, 1.82) is 0 Å². The summed E-state index contributed by atoms with van der Waals surface area (Å²) in [7, 11) is 2.29. The van der Waals surface area contributed by atoms with Crippen LogP contribution in [0.3, 0.4) is 0 Å². The van der Waals surface area contributed by atoms with Crippen molar-refractivity contribution in [3.8, 4) is 0 Å². The first-order valence-electron chi connectivity index (χ1n) is 6.11. The predicted molar refractivity (Wildman–Crippen MR) is 71.2 cm³/mol. The number of carboxylic acids is 1. The van der Waals surface area contributed by atoms with Crippen LogP contribution < -0.4 is 0 Å². The van der Waals surface area contributed by atoms with Gasteiger partial charge in [0.1, 0.15) is 0 Å². The summed E-state index contributed by atoms with van der Waals surface area (Å²) in [5.74, 6) is -0.879. The molecule has 0 unspecified atom stereocenters. The fourth-order valence-electron chi connectivity index (χ4n) is 1.25. The Balaban J connectivity index is 0.000000304. The van der Waals surface area contributed by atoms with Crippen LogP contribution in [0.15, 0.2) is 30.3 Å². The number of aromatic carboxylic acids is 1. The van der Waals surface area contributed by atoms with E-state index in [4.69, 9.17) is 5.11 Å². The molecule has 0 aromatic heterocycles. The van der Waals surface area contributed by atoms with Crippen LogP contribution >= 0.6 is 0 Å². The molecule has 0 radical (unpaired) electrons. The molecule has 1 aromatic rings. The first kappa shape index (κ1) is 15.7. The summed E-state index contributed by atoms with van der Waals surface area (Å²) in [6.45, 7) is 10.5.